The van der Waals surface area contributed by atoms with Crippen LogP contribution in [0.25, 0.3) is 0 Å². The van der Waals surface area contributed by atoms with Gasteiger partial charge >= 0.3 is 0 Å². The van der Waals surface area contributed by atoms with Crippen molar-refractivity contribution in [3.8, 4) is 0 Å². The lowest BCUT2D eigenvalue weighted by Crippen LogP contribution is -2.34. The monoisotopic (exact) mass is 270 g/mol. The van der Waals surface area contributed by atoms with E-state index in [1.165, 1.54) is 5.56 Å². The van der Waals surface area contributed by atoms with Crippen molar-refractivity contribution in [3.63, 3.8) is 0 Å². The van der Waals surface area contributed by atoms with E-state index in [-0.39, 0.29) is 0 Å². The average Bonchev–Trinajstić information content (AvgIpc) is 2.48. The van der Waals surface area contributed by atoms with Crippen LogP contribution in [0.4, 0.5) is 0 Å². The molecule has 1 atom stereocenters. The number of aromatic nitrogens is 1. The number of aliphatic hydroxyl groups is 1. The number of rotatable bonds is 6. The van der Waals surface area contributed by atoms with Gasteiger partial charge in [-0.15, -0.1) is 0 Å². The van der Waals surface area contributed by atoms with Crippen molar-refractivity contribution in [1.82, 2.24) is 9.88 Å². The summed E-state index contributed by atoms with van der Waals surface area (Å²) in [5.41, 5.74) is 2.13. The number of aliphatic hydroxyl groups excluding tert-OH is 1. The van der Waals surface area contributed by atoms with Crippen molar-refractivity contribution >= 4 is 0 Å². The van der Waals surface area contributed by atoms with E-state index in [2.05, 4.69) is 29.8 Å². The third-order valence-electron chi connectivity index (χ3n) is 3.43. The molecule has 0 fully saturated rings. The third-order valence-corrected chi connectivity index (χ3v) is 3.43. The Labute approximate surface area is 120 Å². The largest absolute Gasteiger partial charge is 0.387 e. The fourth-order valence-electron chi connectivity index (χ4n) is 2.19. The van der Waals surface area contributed by atoms with Gasteiger partial charge in [-0.2, -0.15) is 0 Å². The lowest BCUT2D eigenvalue weighted by Gasteiger charge is -2.28. The molecule has 0 radical (unpaired) electrons. The molecule has 0 aliphatic heterocycles. The zero-order valence-electron chi connectivity index (χ0n) is 12.1. The number of nitrogens with zero attached hydrogens (tertiary/aromatic N) is 2. The van der Waals surface area contributed by atoms with Gasteiger partial charge in [0.05, 0.1) is 6.10 Å². The minimum atomic E-state index is -0.463. The second-order valence-corrected chi connectivity index (χ2v) is 5.31. The highest BCUT2D eigenvalue weighted by Gasteiger charge is 2.16. The van der Waals surface area contributed by atoms with Crippen LogP contribution in [0.3, 0.4) is 0 Å². The zero-order valence-corrected chi connectivity index (χ0v) is 12.1. The summed E-state index contributed by atoms with van der Waals surface area (Å²) < 4.78 is 0. The molecule has 2 aromatic rings. The minimum absolute atomic E-state index is 0.369. The Bertz CT molecular complexity index is 499. The fourth-order valence-corrected chi connectivity index (χ4v) is 2.19. The van der Waals surface area contributed by atoms with Crippen molar-refractivity contribution in [3.05, 3.63) is 66.0 Å². The molecule has 3 nitrogen and oxygen atoms in total. The number of hydrogen-bond acceptors (Lipinski definition) is 3. The highest BCUT2D eigenvalue weighted by molar-refractivity contribution is 5.17. The molecule has 0 bridgehead atoms. The first kappa shape index (κ1) is 14.7. The van der Waals surface area contributed by atoms with Gasteiger partial charge < -0.3 is 5.11 Å². The predicted octanol–water partition coefficient (Wildman–Crippen LogP) is 3.03. The van der Waals surface area contributed by atoms with E-state index in [0.717, 1.165) is 12.1 Å². The van der Waals surface area contributed by atoms with Crippen LogP contribution < -0.4 is 0 Å². The Kier molecular flexibility index (Phi) is 5.27. The van der Waals surface area contributed by atoms with Gasteiger partial charge in [-0.3, -0.25) is 9.88 Å². The summed E-state index contributed by atoms with van der Waals surface area (Å²) in [7, 11) is 0. The summed E-state index contributed by atoms with van der Waals surface area (Å²) in [6, 6.07) is 14.2. The molecule has 1 unspecified atom stereocenters. The maximum Gasteiger partial charge on any atom is 0.0917 e. The molecular formula is C17H22N2O. The molecule has 0 saturated heterocycles. The molecule has 1 heterocycles. The molecule has 1 aromatic carbocycles. The van der Waals surface area contributed by atoms with E-state index in [4.69, 9.17) is 0 Å². The smallest absolute Gasteiger partial charge is 0.0917 e. The highest BCUT2D eigenvalue weighted by atomic mass is 16.3. The standard InChI is InChI=1S/C17H22N2O/c1-14(2)19(12-15-7-6-10-18-11-15)13-17(20)16-8-4-3-5-9-16/h3-11,14,17,20H,12-13H2,1-2H3. The molecular weight excluding hydrogens is 248 g/mol. The number of benzene rings is 1. The topological polar surface area (TPSA) is 36.4 Å². The maximum atomic E-state index is 10.4. The molecule has 20 heavy (non-hydrogen) atoms. The molecule has 2 rings (SSSR count). The van der Waals surface area contributed by atoms with E-state index in [1.54, 1.807) is 6.20 Å². The number of pyridine rings is 1. The molecule has 1 N–H and O–H groups in total. The average molecular weight is 270 g/mol. The van der Waals surface area contributed by atoms with E-state index < -0.39 is 6.10 Å². The minimum Gasteiger partial charge on any atom is -0.387 e. The summed E-state index contributed by atoms with van der Waals surface area (Å²) in [5.74, 6) is 0. The third kappa shape index (κ3) is 4.15. The molecule has 0 amide bonds. The Morgan fingerprint density at radius 3 is 2.45 bits per heavy atom. The van der Waals surface area contributed by atoms with Gasteiger partial charge in [0, 0.05) is 31.5 Å². The summed E-state index contributed by atoms with van der Waals surface area (Å²) >= 11 is 0. The second-order valence-electron chi connectivity index (χ2n) is 5.31. The van der Waals surface area contributed by atoms with E-state index in [1.807, 2.05) is 42.6 Å². The molecule has 1 aromatic heterocycles. The van der Waals surface area contributed by atoms with Crippen LogP contribution in [0, 0.1) is 0 Å². The Hall–Kier alpha value is -1.71. The fraction of sp³-hybridized carbons (Fsp3) is 0.353. The Morgan fingerprint density at radius 2 is 1.85 bits per heavy atom. The van der Waals surface area contributed by atoms with Crippen LogP contribution in [0.2, 0.25) is 0 Å². The molecule has 0 aliphatic carbocycles. The Balaban J connectivity index is 2.03. The van der Waals surface area contributed by atoms with Crippen molar-refractivity contribution in [2.75, 3.05) is 6.54 Å². The van der Waals surface area contributed by atoms with Crippen molar-refractivity contribution in [2.45, 2.75) is 32.5 Å². The molecule has 0 spiro atoms. The van der Waals surface area contributed by atoms with Gasteiger partial charge in [-0.25, -0.2) is 0 Å². The lowest BCUT2D eigenvalue weighted by molar-refractivity contribution is 0.0907. The van der Waals surface area contributed by atoms with E-state index in [0.29, 0.717) is 12.6 Å². The maximum absolute atomic E-state index is 10.4. The van der Waals surface area contributed by atoms with Crippen LogP contribution in [-0.4, -0.2) is 27.6 Å². The zero-order chi connectivity index (χ0) is 14.4. The molecule has 0 aliphatic rings. The predicted molar refractivity (Wildman–Crippen MR) is 81.2 cm³/mol. The quantitative estimate of drug-likeness (QED) is 0.876. The van der Waals surface area contributed by atoms with Gasteiger partial charge in [0.1, 0.15) is 0 Å². The van der Waals surface area contributed by atoms with Gasteiger partial charge in [0.25, 0.3) is 0 Å². The molecule has 3 heteroatoms. The van der Waals surface area contributed by atoms with Crippen molar-refractivity contribution in [2.24, 2.45) is 0 Å². The first-order chi connectivity index (χ1) is 9.66. The SMILES string of the molecule is CC(C)N(Cc1cccnc1)CC(O)c1ccccc1. The second kappa shape index (κ2) is 7.17. The first-order valence-corrected chi connectivity index (χ1v) is 7.03. The highest BCUT2D eigenvalue weighted by Crippen LogP contribution is 2.17. The van der Waals surface area contributed by atoms with E-state index in [9.17, 15) is 5.11 Å². The van der Waals surface area contributed by atoms with Crippen LogP contribution in [0.5, 0.6) is 0 Å². The van der Waals surface area contributed by atoms with Gasteiger partial charge in [0.2, 0.25) is 0 Å². The summed E-state index contributed by atoms with van der Waals surface area (Å²) in [6.07, 6.45) is 3.20. The summed E-state index contributed by atoms with van der Waals surface area (Å²) in [4.78, 5) is 6.40. The lowest BCUT2D eigenvalue weighted by atomic mass is 10.1. The van der Waals surface area contributed by atoms with Gasteiger partial charge in [-0.1, -0.05) is 36.4 Å². The van der Waals surface area contributed by atoms with Gasteiger partial charge in [0.15, 0.2) is 0 Å². The van der Waals surface area contributed by atoms with E-state index >= 15 is 0 Å². The molecule has 106 valence electrons. The van der Waals surface area contributed by atoms with Crippen molar-refractivity contribution < 1.29 is 5.11 Å². The van der Waals surface area contributed by atoms with Gasteiger partial charge in [-0.05, 0) is 31.0 Å². The molecule has 0 saturated carbocycles. The summed E-state index contributed by atoms with van der Waals surface area (Å²) in [6.45, 7) is 5.72. The Morgan fingerprint density at radius 1 is 1.10 bits per heavy atom. The van der Waals surface area contributed by atoms with Crippen LogP contribution >= 0.6 is 0 Å². The number of hydrogen-bond donors (Lipinski definition) is 1. The normalized spacial score (nSPS) is 12.8. The first-order valence-electron chi connectivity index (χ1n) is 7.03. The summed E-state index contributed by atoms with van der Waals surface area (Å²) in [5, 5.41) is 10.4. The van der Waals surface area contributed by atoms with Crippen LogP contribution in [0.15, 0.2) is 54.9 Å². The van der Waals surface area contributed by atoms with Crippen LogP contribution in [-0.2, 0) is 6.54 Å². The van der Waals surface area contributed by atoms with Crippen LogP contribution in [0.1, 0.15) is 31.1 Å². The van der Waals surface area contributed by atoms with Crippen molar-refractivity contribution in [1.29, 1.82) is 0 Å².